The molecule has 3 atom stereocenters. The molecule has 0 bridgehead atoms. The van der Waals surface area contributed by atoms with Gasteiger partial charge in [-0.1, -0.05) is 47.5 Å². The molecule has 0 saturated carbocycles. The summed E-state index contributed by atoms with van der Waals surface area (Å²) in [7, 11) is 0. The van der Waals surface area contributed by atoms with Crippen LogP contribution >= 0.6 is 23.2 Å². The molecule has 0 fully saturated rings. The zero-order valence-corrected chi connectivity index (χ0v) is 14.1. The number of rotatable bonds is 1. The minimum Gasteiger partial charge on any atom is -0.506 e. The van der Waals surface area contributed by atoms with E-state index in [2.05, 4.69) is 23.5 Å². The van der Waals surface area contributed by atoms with Gasteiger partial charge in [0.25, 0.3) is 0 Å². The zero-order valence-electron chi connectivity index (χ0n) is 12.6. The topological polar surface area (TPSA) is 56.0 Å². The maximum absolute atomic E-state index is 10.4. The van der Waals surface area contributed by atoms with Crippen molar-refractivity contribution in [1.82, 2.24) is 0 Å². The standard InChI is InChI=1S/C19H14Cl2N2O/c20-11-6-4-10(5-7-11)18-13-3-1-2-12(13)17-14(9-22)15(21)8-16(24)19(17)23-18/h1-2,4-8,12-13,18,23-24H,3H2. The average molecular weight is 357 g/mol. The van der Waals surface area contributed by atoms with Crippen molar-refractivity contribution in [3.05, 3.63) is 69.2 Å². The molecular weight excluding hydrogens is 343 g/mol. The molecule has 2 N–H and O–H groups in total. The van der Waals surface area contributed by atoms with Gasteiger partial charge in [0.1, 0.15) is 11.8 Å². The van der Waals surface area contributed by atoms with Gasteiger partial charge in [0.2, 0.25) is 0 Å². The first-order valence-corrected chi connectivity index (χ1v) is 8.50. The van der Waals surface area contributed by atoms with Crippen LogP contribution < -0.4 is 5.32 Å². The van der Waals surface area contributed by atoms with Gasteiger partial charge < -0.3 is 10.4 Å². The second kappa shape index (κ2) is 5.73. The highest BCUT2D eigenvalue weighted by atomic mass is 35.5. The minimum absolute atomic E-state index is 0.0355. The molecule has 1 aliphatic carbocycles. The van der Waals surface area contributed by atoms with E-state index in [1.54, 1.807) is 0 Å². The number of fused-ring (bicyclic) bond motifs is 3. The van der Waals surface area contributed by atoms with Crippen molar-refractivity contribution in [2.75, 3.05) is 5.32 Å². The molecule has 0 saturated heterocycles. The Hall–Kier alpha value is -2.15. The Morgan fingerprint density at radius 2 is 1.96 bits per heavy atom. The Balaban J connectivity index is 1.88. The van der Waals surface area contributed by atoms with Crippen LogP contribution in [0.2, 0.25) is 10.0 Å². The molecular formula is C19H14Cl2N2O. The fraction of sp³-hybridized carbons (Fsp3) is 0.211. The number of hydrogen-bond donors (Lipinski definition) is 2. The number of benzene rings is 2. The molecule has 1 heterocycles. The van der Waals surface area contributed by atoms with Gasteiger partial charge in [-0.05, 0) is 30.0 Å². The molecule has 3 unspecified atom stereocenters. The van der Waals surface area contributed by atoms with Gasteiger partial charge in [-0.25, -0.2) is 0 Å². The Morgan fingerprint density at radius 1 is 1.21 bits per heavy atom. The SMILES string of the molecule is N#Cc1c(Cl)cc(O)c2c1C1C=CCC1C(c1ccc(Cl)cc1)N2. The van der Waals surface area contributed by atoms with Crippen LogP contribution in [0.1, 0.15) is 35.1 Å². The predicted molar refractivity (Wildman–Crippen MR) is 95.6 cm³/mol. The van der Waals surface area contributed by atoms with E-state index in [1.165, 1.54) is 6.07 Å². The predicted octanol–water partition coefficient (Wildman–Crippen LogP) is 5.40. The molecule has 2 aromatic rings. The van der Waals surface area contributed by atoms with E-state index in [9.17, 15) is 10.4 Å². The number of nitrogens with zero attached hydrogens (tertiary/aromatic N) is 1. The number of phenolic OH excluding ortho intramolecular Hbond substituents is 1. The first kappa shape index (κ1) is 15.4. The van der Waals surface area contributed by atoms with Gasteiger partial charge in [0, 0.05) is 22.6 Å². The zero-order chi connectivity index (χ0) is 16.8. The number of nitriles is 1. The molecule has 2 aromatic carbocycles. The van der Waals surface area contributed by atoms with Crippen LogP contribution in [0.3, 0.4) is 0 Å². The maximum Gasteiger partial charge on any atom is 0.140 e. The van der Waals surface area contributed by atoms with Crippen molar-refractivity contribution in [2.24, 2.45) is 5.92 Å². The number of hydrogen-bond acceptors (Lipinski definition) is 3. The normalized spacial score (nSPS) is 24.0. The smallest absolute Gasteiger partial charge is 0.140 e. The summed E-state index contributed by atoms with van der Waals surface area (Å²) >= 11 is 12.2. The number of phenols is 1. The fourth-order valence-electron chi connectivity index (χ4n) is 3.84. The molecule has 1 aliphatic heterocycles. The quantitative estimate of drug-likeness (QED) is 0.531. The third-order valence-electron chi connectivity index (χ3n) is 4.91. The molecule has 0 aromatic heterocycles. The summed E-state index contributed by atoms with van der Waals surface area (Å²) < 4.78 is 0. The molecule has 120 valence electrons. The monoisotopic (exact) mass is 356 g/mol. The molecule has 0 amide bonds. The van der Waals surface area contributed by atoms with E-state index in [-0.39, 0.29) is 23.6 Å². The lowest BCUT2D eigenvalue weighted by atomic mass is 9.75. The van der Waals surface area contributed by atoms with Gasteiger partial charge in [-0.2, -0.15) is 5.26 Å². The van der Waals surface area contributed by atoms with Crippen LogP contribution in [0.25, 0.3) is 0 Å². The first-order chi connectivity index (χ1) is 11.6. The highest BCUT2D eigenvalue weighted by molar-refractivity contribution is 6.32. The molecule has 5 heteroatoms. The first-order valence-electron chi connectivity index (χ1n) is 7.74. The third kappa shape index (κ3) is 2.26. The van der Waals surface area contributed by atoms with Crippen LogP contribution in [0, 0.1) is 17.2 Å². The molecule has 24 heavy (non-hydrogen) atoms. The molecule has 0 spiro atoms. The Kier molecular flexibility index (Phi) is 3.68. The summed E-state index contributed by atoms with van der Waals surface area (Å²) in [6.45, 7) is 0. The molecule has 0 radical (unpaired) electrons. The lowest BCUT2D eigenvalue weighted by Gasteiger charge is -2.38. The summed E-state index contributed by atoms with van der Waals surface area (Å²) in [5, 5.41) is 24.3. The van der Waals surface area contributed by atoms with E-state index < -0.39 is 0 Å². The van der Waals surface area contributed by atoms with Crippen LogP contribution in [0.15, 0.2) is 42.5 Å². The largest absolute Gasteiger partial charge is 0.506 e. The highest BCUT2D eigenvalue weighted by Gasteiger charge is 2.40. The van der Waals surface area contributed by atoms with E-state index in [1.807, 2.05) is 24.3 Å². The maximum atomic E-state index is 10.4. The summed E-state index contributed by atoms with van der Waals surface area (Å²) in [6.07, 6.45) is 5.15. The molecule has 4 rings (SSSR count). The van der Waals surface area contributed by atoms with Crippen molar-refractivity contribution >= 4 is 28.9 Å². The van der Waals surface area contributed by atoms with E-state index >= 15 is 0 Å². The third-order valence-corrected chi connectivity index (χ3v) is 5.46. The van der Waals surface area contributed by atoms with Crippen molar-refractivity contribution in [2.45, 2.75) is 18.4 Å². The minimum atomic E-state index is 0.0355. The second-order valence-corrected chi connectivity index (χ2v) is 7.02. The van der Waals surface area contributed by atoms with Crippen LogP contribution in [-0.4, -0.2) is 5.11 Å². The average Bonchev–Trinajstić information content (AvgIpc) is 3.05. The Bertz CT molecular complexity index is 884. The summed E-state index contributed by atoms with van der Waals surface area (Å²) in [5.41, 5.74) is 2.94. The van der Waals surface area contributed by atoms with Gasteiger partial charge in [-0.15, -0.1) is 0 Å². The summed E-state index contributed by atoms with van der Waals surface area (Å²) in [6, 6.07) is 11.4. The number of allylic oxidation sites excluding steroid dienone is 2. The summed E-state index contributed by atoms with van der Waals surface area (Å²) in [4.78, 5) is 0. The highest BCUT2D eigenvalue weighted by Crippen LogP contribution is 2.54. The van der Waals surface area contributed by atoms with Crippen LogP contribution in [0.4, 0.5) is 5.69 Å². The lowest BCUT2D eigenvalue weighted by Crippen LogP contribution is -2.29. The number of halogens is 2. The van der Waals surface area contributed by atoms with Crippen molar-refractivity contribution in [1.29, 1.82) is 5.26 Å². The number of aromatic hydroxyl groups is 1. The molecule has 2 aliphatic rings. The molecule has 3 nitrogen and oxygen atoms in total. The fourth-order valence-corrected chi connectivity index (χ4v) is 4.22. The van der Waals surface area contributed by atoms with Crippen molar-refractivity contribution in [3.63, 3.8) is 0 Å². The Labute approximate surface area is 150 Å². The van der Waals surface area contributed by atoms with E-state index in [0.717, 1.165) is 17.5 Å². The second-order valence-electron chi connectivity index (χ2n) is 6.18. The number of anilines is 1. The number of nitrogens with one attached hydrogen (secondary N) is 1. The Morgan fingerprint density at radius 3 is 2.67 bits per heavy atom. The van der Waals surface area contributed by atoms with E-state index in [0.29, 0.717) is 21.3 Å². The van der Waals surface area contributed by atoms with Crippen molar-refractivity contribution in [3.8, 4) is 11.8 Å². The van der Waals surface area contributed by atoms with E-state index in [4.69, 9.17) is 23.2 Å². The lowest BCUT2D eigenvalue weighted by molar-refractivity contribution is 0.414. The van der Waals surface area contributed by atoms with Gasteiger partial charge >= 0.3 is 0 Å². The summed E-state index contributed by atoms with van der Waals surface area (Å²) in [5.74, 6) is 0.400. The van der Waals surface area contributed by atoms with Gasteiger partial charge in [-0.3, -0.25) is 0 Å². The van der Waals surface area contributed by atoms with Crippen LogP contribution in [-0.2, 0) is 0 Å². The van der Waals surface area contributed by atoms with Crippen molar-refractivity contribution < 1.29 is 5.11 Å². The van der Waals surface area contributed by atoms with Crippen LogP contribution in [0.5, 0.6) is 5.75 Å². The van der Waals surface area contributed by atoms with Gasteiger partial charge in [0.05, 0.1) is 22.3 Å². The van der Waals surface area contributed by atoms with Gasteiger partial charge in [0.15, 0.2) is 0 Å².